The van der Waals surface area contributed by atoms with Gasteiger partial charge in [-0.3, -0.25) is 0 Å². The molecule has 2 saturated heterocycles. The van der Waals surface area contributed by atoms with Gasteiger partial charge in [0.15, 0.2) is 5.72 Å². The molecule has 0 aliphatic carbocycles. The number of hydrogen-bond acceptors (Lipinski definition) is 5. The second-order valence-electron chi connectivity index (χ2n) is 6.71. The number of nitriles is 1. The van der Waals surface area contributed by atoms with Gasteiger partial charge in [0.05, 0.1) is 16.2 Å². The monoisotopic (exact) mass is 322 g/mol. The highest BCUT2D eigenvalue weighted by molar-refractivity contribution is 6.32. The Balaban J connectivity index is 2.11. The predicted molar refractivity (Wildman–Crippen MR) is 82.6 cm³/mol. The average molecular weight is 323 g/mol. The zero-order valence-corrected chi connectivity index (χ0v) is 13.3. The van der Waals surface area contributed by atoms with Crippen molar-refractivity contribution >= 4 is 17.3 Å². The fourth-order valence-corrected chi connectivity index (χ4v) is 4.18. The molecule has 2 fully saturated rings. The fourth-order valence-electron chi connectivity index (χ4n) is 3.97. The quantitative estimate of drug-likeness (QED) is 0.732. The molecule has 3 N–H and O–H groups in total. The molecule has 2 heterocycles. The van der Waals surface area contributed by atoms with Crippen LogP contribution in [0, 0.1) is 18.3 Å². The van der Waals surface area contributed by atoms with E-state index in [1.165, 1.54) is 0 Å². The smallest absolute Gasteiger partial charge is 0.167 e. The van der Waals surface area contributed by atoms with Crippen molar-refractivity contribution in [1.29, 1.82) is 5.26 Å². The molecular weight excluding hydrogens is 304 g/mol. The largest absolute Gasteiger partial charge is 0.390 e. The molecule has 118 valence electrons. The molecule has 0 radical (unpaired) electrons. The number of fused-ring (bicyclic) bond motifs is 2. The van der Waals surface area contributed by atoms with Gasteiger partial charge in [-0.1, -0.05) is 11.6 Å². The van der Waals surface area contributed by atoms with Gasteiger partial charge in [0, 0.05) is 18.2 Å². The number of rotatable bonds is 1. The Kier molecular flexibility index (Phi) is 3.42. The van der Waals surface area contributed by atoms with E-state index < -0.39 is 17.4 Å². The van der Waals surface area contributed by atoms with E-state index in [9.17, 15) is 15.3 Å². The standard InChI is InChI=1S/C16H19ClN2O3/c1-9-12(4-3-10(7-18)14(9)17)19-11-5-13(20)16(19,22)8-15(2,21)6-11/h3-4,11,13,20-22H,5-6,8H2,1-2H3/t11-,13?,15+,16+/m0/s1. The van der Waals surface area contributed by atoms with Crippen molar-refractivity contribution in [2.45, 2.75) is 56.6 Å². The fraction of sp³-hybridized carbons (Fsp3) is 0.562. The number of nitrogens with zero attached hydrogens (tertiary/aromatic N) is 2. The summed E-state index contributed by atoms with van der Waals surface area (Å²) in [6.45, 7) is 3.47. The first-order valence-corrected chi connectivity index (χ1v) is 7.69. The van der Waals surface area contributed by atoms with Crippen LogP contribution < -0.4 is 4.90 Å². The van der Waals surface area contributed by atoms with Crippen LogP contribution in [0.1, 0.15) is 37.3 Å². The Bertz CT molecular complexity index is 670. The van der Waals surface area contributed by atoms with Crippen LogP contribution in [0.5, 0.6) is 0 Å². The highest BCUT2D eigenvalue weighted by atomic mass is 35.5. The molecular formula is C16H19ClN2O3. The summed E-state index contributed by atoms with van der Waals surface area (Å²) in [7, 11) is 0. The predicted octanol–water partition coefficient (Wildman–Crippen LogP) is 1.69. The summed E-state index contributed by atoms with van der Waals surface area (Å²) in [6, 6.07) is 5.22. The summed E-state index contributed by atoms with van der Waals surface area (Å²) < 4.78 is 0. The third-order valence-corrected chi connectivity index (χ3v) is 5.35. The summed E-state index contributed by atoms with van der Waals surface area (Å²) in [5.74, 6) is 0. The maximum Gasteiger partial charge on any atom is 0.167 e. The Morgan fingerprint density at radius 2 is 2.09 bits per heavy atom. The van der Waals surface area contributed by atoms with Gasteiger partial charge >= 0.3 is 0 Å². The molecule has 6 heteroatoms. The summed E-state index contributed by atoms with van der Waals surface area (Å²) in [5, 5.41) is 41.0. The molecule has 3 rings (SSSR count). The van der Waals surface area contributed by atoms with Crippen molar-refractivity contribution in [3.05, 3.63) is 28.3 Å². The Morgan fingerprint density at radius 3 is 2.68 bits per heavy atom. The maximum atomic E-state index is 11.0. The second kappa shape index (κ2) is 4.84. The lowest BCUT2D eigenvalue weighted by Crippen LogP contribution is -2.61. The van der Waals surface area contributed by atoms with Crippen LogP contribution in [-0.4, -0.2) is 38.8 Å². The number of halogens is 1. The SMILES string of the molecule is Cc1c(N2[C@H]3CC(O)[C@]2(O)C[C@](C)(O)C3)ccc(C#N)c1Cl. The Labute approximate surface area is 134 Å². The molecule has 1 aromatic rings. The third kappa shape index (κ3) is 2.10. The van der Waals surface area contributed by atoms with Crippen molar-refractivity contribution in [2.24, 2.45) is 0 Å². The first kappa shape index (κ1) is 15.6. The van der Waals surface area contributed by atoms with Gasteiger partial charge in [0.1, 0.15) is 12.2 Å². The Morgan fingerprint density at radius 1 is 1.41 bits per heavy atom. The van der Waals surface area contributed by atoms with Gasteiger partial charge in [-0.15, -0.1) is 0 Å². The molecule has 0 aromatic heterocycles. The van der Waals surface area contributed by atoms with E-state index in [1.807, 2.05) is 6.07 Å². The van der Waals surface area contributed by atoms with Crippen LogP contribution in [0.15, 0.2) is 12.1 Å². The zero-order chi connectivity index (χ0) is 16.3. The lowest BCUT2D eigenvalue weighted by molar-refractivity contribution is -0.114. The third-order valence-electron chi connectivity index (χ3n) is 4.87. The van der Waals surface area contributed by atoms with Crippen molar-refractivity contribution in [1.82, 2.24) is 0 Å². The van der Waals surface area contributed by atoms with Crippen LogP contribution in [0.2, 0.25) is 5.02 Å². The molecule has 0 amide bonds. The first-order valence-electron chi connectivity index (χ1n) is 7.31. The molecule has 4 atom stereocenters. The van der Waals surface area contributed by atoms with Crippen LogP contribution >= 0.6 is 11.6 Å². The minimum atomic E-state index is -1.52. The van der Waals surface area contributed by atoms with E-state index in [4.69, 9.17) is 16.9 Å². The van der Waals surface area contributed by atoms with Crippen molar-refractivity contribution in [2.75, 3.05) is 4.90 Å². The highest BCUT2D eigenvalue weighted by Crippen LogP contribution is 2.50. The Hall–Kier alpha value is -1.32. The van der Waals surface area contributed by atoms with Gasteiger partial charge in [-0.05, 0) is 44.4 Å². The van der Waals surface area contributed by atoms with E-state index in [-0.39, 0.29) is 12.5 Å². The number of benzene rings is 1. The van der Waals surface area contributed by atoms with Crippen LogP contribution in [0.25, 0.3) is 0 Å². The summed E-state index contributed by atoms with van der Waals surface area (Å²) in [4.78, 5) is 1.76. The van der Waals surface area contributed by atoms with Crippen molar-refractivity contribution in [3.63, 3.8) is 0 Å². The molecule has 2 bridgehead atoms. The van der Waals surface area contributed by atoms with Crippen LogP contribution in [0.4, 0.5) is 5.69 Å². The average Bonchev–Trinajstić information content (AvgIpc) is 2.57. The lowest BCUT2D eigenvalue weighted by atomic mass is 9.85. The van der Waals surface area contributed by atoms with E-state index in [0.717, 1.165) is 0 Å². The molecule has 0 saturated carbocycles. The number of aliphatic hydroxyl groups excluding tert-OH is 1. The van der Waals surface area contributed by atoms with E-state index in [2.05, 4.69) is 0 Å². The first-order chi connectivity index (χ1) is 10.2. The van der Waals surface area contributed by atoms with Crippen molar-refractivity contribution < 1.29 is 15.3 Å². The number of hydrogen-bond donors (Lipinski definition) is 3. The van der Waals surface area contributed by atoms with E-state index >= 15 is 0 Å². The molecule has 22 heavy (non-hydrogen) atoms. The normalized spacial score (nSPS) is 37.2. The van der Waals surface area contributed by atoms with Crippen LogP contribution in [-0.2, 0) is 0 Å². The zero-order valence-electron chi connectivity index (χ0n) is 12.5. The second-order valence-corrected chi connectivity index (χ2v) is 7.09. The van der Waals surface area contributed by atoms with E-state index in [1.54, 1.807) is 30.9 Å². The molecule has 1 unspecified atom stereocenters. The van der Waals surface area contributed by atoms with Gasteiger partial charge in [-0.25, -0.2) is 0 Å². The van der Waals surface area contributed by atoms with Gasteiger partial charge in [0.2, 0.25) is 0 Å². The molecule has 2 aliphatic heterocycles. The highest BCUT2D eigenvalue weighted by Gasteiger charge is 2.59. The molecule has 5 nitrogen and oxygen atoms in total. The molecule has 2 aliphatic rings. The summed E-state index contributed by atoms with van der Waals surface area (Å²) >= 11 is 6.23. The minimum Gasteiger partial charge on any atom is -0.390 e. The molecule has 1 aromatic carbocycles. The minimum absolute atomic E-state index is 0.0642. The number of anilines is 1. The summed E-state index contributed by atoms with van der Waals surface area (Å²) in [6.07, 6.45) is -0.0118. The van der Waals surface area contributed by atoms with Crippen LogP contribution in [0.3, 0.4) is 0 Å². The topological polar surface area (TPSA) is 87.7 Å². The molecule has 0 spiro atoms. The van der Waals surface area contributed by atoms with Gasteiger partial charge in [-0.2, -0.15) is 5.26 Å². The lowest BCUT2D eigenvalue weighted by Gasteiger charge is -2.49. The van der Waals surface area contributed by atoms with Gasteiger partial charge < -0.3 is 20.2 Å². The number of piperidine rings is 1. The maximum absolute atomic E-state index is 11.0. The van der Waals surface area contributed by atoms with E-state index in [0.29, 0.717) is 34.7 Å². The summed E-state index contributed by atoms with van der Waals surface area (Å²) in [5.41, 5.74) is -0.762. The van der Waals surface area contributed by atoms with Gasteiger partial charge in [0.25, 0.3) is 0 Å². The number of aliphatic hydroxyl groups is 3. The van der Waals surface area contributed by atoms with Crippen molar-refractivity contribution in [3.8, 4) is 6.07 Å².